The van der Waals surface area contributed by atoms with Crippen LogP contribution in [-0.2, 0) is 0 Å². The highest BCUT2D eigenvalue weighted by Gasteiger charge is 2.00. The van der Waals surface area contributed by atoms with Gasteiger partial charge in [-0.15, -0.1) is 0 Å². The molecule has 0 aliphatic heterocycles. The van der Waals surface area contributed by atoms with Crippen LogP contribution >= 0.6 is 0 Å². The first kappa shape index (κ1) is 9.00. The van der Waals surface area contributed by atoms with Crippen molar-refractivity contribution in [2.75, 3.05) is 0 Å². The van der Waals surface area contributed by atoms with Crippen molar-refractivity contribution in [3.8, 4) is 5.69 Å². The van der Waals surface area contributed by atoms with Crippen LogP contribution in [0, 0.1) is 20.8 Å². The summed E-state index contributed by atoms with van der Waals surface area (Å²) >= 11 is 0. The minimum atomic E-state index is 1.05. The molecule has 2 heteroatoms. The summed E-state index contributed by atoms with van der Waals surface area (Å²) in [5.74, 6) is 0. The molecule has 72 valence electrons. The zero-order chi connectivity index (χ0) is 10.1. The molecule has 0 amide bonds. The summed E-state index contributed by atoms with van der Waals surface area (Å²) in [6.45, 7) is 6.23. The van der Waals surface area contributed by atoms with Gasteiger partial charge in [-0.2, -0.15) is 0 Å². The van der Waals surface area contributed by atoms with Crippen molar-refractivity contribution in [2.45, 2.75) is 20.8 Å². The molecule has 0 spiro atoms. The molecule has 2 nitrogen and oxygen atoms in total. The van der Waals surface area contributed by atoms with Gasteiger partial charge in [-0.1, -0.05) is 17.7 Å². The predicted octanol–water partition coefficient (Wildman–Crippen LogP) is 2.80. The van der Waals surface area contributed by atoms with Crippen LogP contribution in [0.2, 0.25) is 0 Å². The fourth-order valence-electron chi connectivity index (χ4n) is 1.65. The molecule has 0 aliphatic rings. The molecular weight excluding hydrogens is 172 g/mol. The van der Waals surface area contributed by atoms with E-state index in [1.807, 2.05) is 19.4 Å². The molecule has 14 heavy (non-hydrogen) atoms. The number of nitrogens with zero attached hydrogens (tertiary/aromatic N) is 2. The monoisotopic (exact) mass is 186 g/mol. The molecule has 1 aromatic carbocycles. The normalized spacial score (nSPS) is 10.5. The lowest BCUT2D eigenvalue weighted by molar-refractivity contribution is 1.04. The van der Waals surface area contributed by atoms with E-state index in [9.17, 15) is 0 Å². The second kappa shape index (κ2) is 3.29. The van der Waals surface area contributed by atoms with E-state index >= 15 is 0 Å². The van der Waals surface area contributed by atoms with E-state index < -0.39 is 0 Å². The highest BCUT2D eigenvalue weighted by molar-refractivity contribution is 5.42. The number of imidazole rings is 1. The number of hydrogen-bond acceptors (Lipinski definition) is 1. The predicted molar refractivity (Wildman–Crippen MR) is 57.8 cm³/mol. The van der Waals surface area contributed by atoms with Crippen LogP contribution in [0.4, 0.5) is 0 Å². The molecule has 1 aromatic heterocycles. The van der Waals surface area contributed by atoms with Crippen LogP contribution in [0.3, 0.4) is 0 Å². The average Bonchev–Trinajstić information content (AvgIpc) is 2.51. The third-order valence-corrected chi connectivity index (χ3v) is 2.34. The third-order valence-electron chi connectivity index (χ3n) is 2.34. The molecule has 0 saturated heterocycles. The van der Waals surface area contributed by atoms with Crippen LogP contribution in [-0.4, -0.2) is 9.55 Å². The Morgan fingerprint density at radius 3 is 2.50 bits per heavy atom. The molecule has 0 saturated carbocycles. The Hall–Kier alpha value is -1.57. The van der Waals surface area contributed by atoms with Crippen LogP contribution < -0.4 is 0 Å². The first-order valence-electron chi connectivity index (χ1n) is 4.75. The Labute approximate surface area is 84.2 Å². The lowest BCUT2D eigenvalue weighted by Crippen LogP contribution is -1.93. The number of aryl methyl sites for hydroxylation is 3. The molecule has 0 unspecified atom stereocenters. The van der Waals surface area contributed by atoms with E-state index in [-0.39, 0.29) is 0 Å². The van der Waals surface area contributed by atoms with Crippen LogP contribution in [0.5, 0.6) is 0 Å². The van der Waals surface area contributed by atoms with Crippen LogP contribution in [0.15, 0.2) is 30.7 Å². The first-order valence-corrected chi connectivity index (χ1v) is 4.75. The standard InChI is InChI=1S/C12H14N2/c1-9-4-5-12(10(2)6-9)14-7-11(3)13-8-14/h4-8H,1-3H3. The Morgan fingerprint density at radius 2 is 1.93 bits per heavy atom. The third kappa shape index (κ3) is 1.55. The van der Waals surface area contributed by atoms with Gasteiger partial charge in [0.25, 0.3) is 0 Å². The fraction of sp³-hybridized carbons (Fsp3) is 0.250. The Balaban J connectivity index is 2.52. The van der Waals surface area contributed by atoms with Crippen LogP contribution in [0.1, 0.15) is 16.8 Å². The van der Waals surface area contributed by atoms with E-state index in [4.69, 9.17) is 0 Å². The summed E-state index contributed by atoms with van der Waals surface area (Å²) in [4.78, 5) is 4.22. The maximum atomic E-state index is 4.22. The molecule has 0 fully saturated rings. The lowest BCUT2D eigenvalue weighted by atomic mass is 10.1. The average molecular weight is 186 g/mol. The van der Waals surface area contributed by atoms with Gasteiger partial charge in [0.05, 0.1) is 12.0 Å². The zero-order valence-electron chi connectivity index (χ0n) is 8.78. The van der Waals surface area contributed by atoms with Gasteiger partial charge in [0.2, 0.25) is 0 Å². The van der Waals surface area contributed by atoms with E-state index in [2.05, 4.69) is 41.6 Å². The van der Waals surface area contributed by atoms with E-state index in [1.54, 1.807) is 0 Å². The van der Waals surface area contributed by atoms with Gasteiger partial charge < -0.3 is 4.57 Å². The summed E-state index contributed by atoms with van der Waals surface area (Å²) in [6.07, 6.45) is 3.89. The minimum Gasteiger partial charge on any atom is -0.306 e. The molecule has 0 bridgehead atoms. The Morgan fingerprint density at radius 1 is 1.14 bits per heavy atom. The second-order valence-corrected chi connectivity index (χ2v) is 3.71. The molecule has 2 aromatic rings. The molecule has 0 radical (unpaired) electrons. The van der Waals surface area contributed by atoms with Crippen molar-refractivity contribution in [3.63, 3.8) is 0 Å². The van der Waals surface area contributed by atoms with Gasteiger partial charge in [-0.05, 0) is 32.4 Å². The lowest BCUT2D eigenvalue weighted by Gasteiger charge is -2.06. The number of rotatable bonds is 1. The minimum absolute atomic E-state index is 1.05. The maximum Gasteiger partial charge on any atom is 0.0995 e. The highest BCUT2D eigenvalue weighted by Crippen LogP contribution is 2.15. The van der Waals surface area contributed by atoms with Crippen molar-refractivity contribution in [2.24, 2.45) is 0 Å². The number of aromatic nitrogens is 2. The summed E-state index contributed by atoms with van der Waals surface area (Å²) in [7, 11) is 0. The molecule has 2 rings (SSSR count). The van der Waals surface area contributed by atoms with Gasteiger partial charge in [0.15, 0.2) is 0 Å². The van der Waals surface area contributed by atoms with Gasteiger partial charge in [-0.25, -0.2) is 4.98 Å². The summed E-state index contributed by atoms with van der Waals surface area (Å²) in [5, 5.41) is 0. The zero-order valence-corrected chi connectivity index (χ0v) is 8.78. The molecule has 0 aliphatic carbocycles. The fourth-order valence-corrected chi connectivity index (χ4v) is 1.65. The summed E-state index contributed by atoms with van der Waals surface area (Å²) in [5.41, 5.74) is 4.83. The van der Waals surface area contributed by atoms with Crippen molar-refractivity contribution in [1.29, 1.82) is 0 Å². The van der Waals surface area contributed by atoms with Gasteiger partial charge in [0, 0.05) is 11.9 Å². The SMILES string of the molecule is Cc1ccc(-n2cnc(C)c2)c(C)c1. The number of benzene rings is 1. The molecule has 0 atom stereocenters. The van der Waals surface area contributed by atoms with E-state index in [0.29, 0.717) is 0 Å². The molecule has 0 N–H and O–H groups in total. The second-order valence-electron chi connectivity index (χ2n) is 3.71. The van der Waals surface area contributed by atoms with Gasteiger partial charge >= 0.3 is 0 Å². The topological polar surface area (TPSA) is 17.8 Å². The van der Waals surface area contributed by atoms with Crippen molar-refractivity contribution >= 4 is 0 Å². The van der Waals surface area contributed by atoms with E-state index in [1.165, 1.54) is 16.8 Å². The van der Waals surface area contributed by atoms with Gasteiger partial charge in [0.1, 0.15) is 0 Å². The summed E-state index contributed by atoms with van der Waals surface area (Å²) < 4.78 is 2.06. The largest absolute Gasteiger partial charge is 0.306 e. The maximum absolute atomic E-state index is 4.22. The van der Waals surface area contributed by atoms with E-state index in [0.717, 1.165) is 5.69 Å². The number of hydrogen-bond donors (Lipinski definition) is 0. The Kier molecular flexibility index (Phi) is 2.12. The van der Waals surface area contributed by atoms with Gasteiger partial charge in [-0.3, -0.25) is 0 Å². The summed E-state index contributed by atoms with van der Waals surface area (Å²) in [6, 6.07) is 6.44. The highest BCUT2D eigenvalue weighted by atomic mass is 15.0. The molecular formula is C12H14N2. The quantitative estimate of drug-likeness (QED) is 0.669. The van der Waals surface area contributed by atoms with Crippen molar-refractivity contribution < 1.29 is 0 Å². The smallest absolute Gasteiger partial charge is 0.0995 e. The van der Waals surface area contributed by atoms with Crippen molar-refractivity contribution in [1.82, 2.24) is 9.55 Å². The first-order chi connectivity index (χ1) is 6.66. The van der Waals surface area contributed by atoms with Crippen molar-refractivity contribution in [3.05, 3.63) is 47.5 Å². The molecule has 1 heterocycles. The van der Waals surface area contributed by atoms with Crippen LogP contribution in [0.25, 0.3) is 5.69 Å². The Bertz CT molecular complexity index is 455.